The summed E-state index contributed by atoms with van der Waals surface area (Å²) in [5, 5.41) is 5.48. The Balaban J connectivity index is 1.57. The fourth-order valence-electron chi connectivity index (χ4n) is 4.55. The maximum atomic E-state index is 13.0. The summed E-state index contributed by atoms with van der Waals surface area (Å²) in [6, 6.07) is 0.484. The fraction of sp³-hybridized carbons (Fsp3) is 0.750. The molecule has 0 spiro atoms. The predicted octanol–water partition coefficient (Wildman–Crippen LogP) is 3.97. The Morgan fingerprint density at radius 1 is 1.12 bits per heavy atom. The quantitative estimate of drug-likeness (QED) is 0.603. The minimum Gasteiger partial charge on any atom is -0.335 e. The lowest BCUT2D eigenvalue weighted by atomic mass is 9.78. The van der Waals surface area contributed by atoms with Crippen molar-refractivity contribution in [3.63, 3.8) is 0 Å². The number of hydrogen-bond donors (Lipinski definition) is 1. The van der Waals surface area contributed by atoms with Crippen molar-refractivity contribution in [3.05, 3.63) is 23.6 Å². The van der Waals surface area contributed by atoms with E-state index < -0.39 is 0 Å². The number of hydrogen-bond acceptors (Lipinski definition) is 3. The maximum Gasteiger partial charge on any atom is 0.254 e. The number of nitrogens with one attached hydrogen (secondary N) is 1. The topological polar surface area (TPSA) is 32.3 Å². The standard InChI is InChI=1S/C20H32N2OS/c1-2-17(15-24-14-16-9-11-21-12-10-16)20(23)22-13-5-7-18-6-3-4-8-19(18)22/h2,15-16,18-19,21H,1,3-14H2/b17-15+. The summed E-state index contributed by atoms with van der Waals surface area (Å²) in [5.74, 6) is 2.87. The van der Waals surface area contributed by atoms with E-state index in [0.29, 0.717) is 6.04 Å². The number of nitrogens with zero attached hydrogens (tertiary/aromatic N) is 1. The van der Waals surface area contributed by atoms with Crippen LogP contribution in [-0.4, -0.2) is 42.2 Å². The lowest BCUT2D eigenvalue weighted by Gasteiger charge is -2.44. The zero-order chi connectivity index (χ0) is 16.8. The number of carbonyl (C=O) groups is 1. The normalized spacial score (nSPS) is 29.2. The molecule has 2 saturated heterocycles. The SMILES string of the molecule is C=C/C(=C\SCC1CCNCC1)C(=O)N1CCCC2CCCCC21. The average Bonchev–Trinajstić information content (AvgIpc) is 2.65. The molecular formula is C20H32N2OS. The molecule has 2 heterocycles. The minimum absolute atomic E-state index is 0.222. The van der Waals surface area contributed by atoms with Crippen molar-refractivity contribution in [3.8, 4) is 0 Å². The number of piperidine rings is 2. The van der Waals surface area contributed by atoms with Crippen LogP contribution in [0.3, 0.4) is 0 Å². The Kier molecular flexibility index (Phi) is 6.85. The first-order valence-corrected chi connectivity index (χ1v) is 10.8. The van der Waals surface area contributed by atoms with Gasteiger partial charge < -0.3 is 10.2 Å². The van der Waals surface area contributed by atoms with E-state index in [2.05, 4.69) is 22.2 Å². The Morgan fingerprint density at radius 2 is 1.88 bits per heavy atom. The maximum absolute atomic E-state index is 13.0. The molecule has 3 rings (SSSR count). The summed E-state index contributed by atoms with van der Waals surface area (Å²) in [5.41, 5.74) is 0.806. The van der Waals surface area contributed by atoms with Gasteiger partial charge in [-0.25, -0.2) is 0 Å². The molecule has 24 heavy (non-hydrogen) atoms. The van der Waals surface area contributed by atoms with E-state index >= 15 is 0 Å². The zero-order valence-electron chi connectivity index (χ0n) is 14.8. The molecule has 2 aliphatic heterocycles. The van der Waals surface area contributed by atoms with Gasteiger partial charge in [0.1, 0.15) is 0 Å². The molecule has 2 atom stereocenters. The van der Waals surface area contributed by atoms with Crippen LogP contribution >= 0.6 is 11.8 Å². The van der Waals surface area contributed by atoms with Crippen molar-refractivity contribution in [1.82, 2.24) is 10.2 Å². The van der Waals surface area contributed by atoms with E-state index in [4.69, 9.17) is 0 Å². The lowest BCUT2D eigenvalue weighted by molar-refractivity contribution is -0.132. The highest BCUT2D eigenvalue weighted by molar-refractivity contribution is 8.02. The van der Waals surface area contributed by atoms with E-state index in [0.717, 1.165) is 42.8 Å². The van der Waals surface area contributed by atoms with Crippen LogP contribution in [0.1, 0.15) is 51.4 Å². The van der Waals surface area contributed by atoms with Gasteiger partial charge in [0.15, 0.2) is 0 Å². The van der Waals surface area contributed by atoms with Gasteiger partial charge in [-0.1, -0.05) is 25.5 Å². The van der Waals surface area contributed by atoms with E-state index in [1.807, 2.05) is 0 Å². The number of rotatable bonds is 5. The third-order valence-electron chi connectivity index (χ3n) is 5.97. The van der Waals surface area contributed by atoms with Crippen LogP contribution in [0, 0.1) is 11.8 Å². The summed E-state index contributed by atoms with van der Waals surface area (Å²) in [7, 11) is 0. The van der Waals surface area contributed by atoms with Gasteiger partial charge >= 0.3 is 0 Å². The van der Waals surface area contributed by atoms with E-state index in [9.17, 15) is 4.79 Å². The van der Waals surface area contributed by atoms with Crippen LogP contribution in [-0.2, 0) is 4.79 Å². The number of thioether (sulfide) groups is 1. The second-order valence-corrected chi connectivity index (χ2v) is 8.46. The van der Waals surface area contributed by atoms with Gasteiger partial charge in [0.05, 0.1) is 0 Å². The third-order valence-corrected chi connectivity index (χ3v) is 7.06. The van der Waals surface area contributed by atoms with Gasteiger partial charge in [0, 0.05) is 23.9 Å². The molecule has 1 saturated carbocycles. The molecule has 3 fully saturated rings. The number of amides is 1. The highest BCUT2D eigenvalue weighted by Crippen LogP contribution is 2.36. The van der Waals surface area contributed by atoms with E-state index in [1.165, 1.54) is 51.4 Å². The number of likely N-dealkylation sites (tertiary alicyclic amines) is 1. The van der Waals surface area contributed by atoms with Crippen LogP contribution in [0.5, 0.6) is 0 Å². The first-order chi connectivity index (χ1) is 11.8. The molecular weight excluding hydrogens is 316 g/mol. The number of fused-ring (bicyclic) bond motifs is 1. The summed E-state index contributed by atoms with van der Waals surface area (Å²) in [4.78, 5) is 15.2. The molecule has 134 valence electrons. The van der Waals surface area contributed by atoms with E-state index in [-0.39, 0.29) is 5.91 Å². The third kappa shape index (κ3) is 4.45. The highest BCUT2D eigenvalue weighted by Gasteiger charge is 2.36. The molecule has 0 bridgehead atoms. The largest absolute Gasteiger partial charge is 0.335 e. The molecule has 3 nitrogen and oxygen atoms in total. The second kappa shape index (κ2) is 9.10. The molecule has 2 unspecified atom stereocenters. The molecule has 0 radical (unpaired) electrons. The first-order valence-electron chi connectivity index (χ1n) is 9.75. The molecule has 4 heteroatoms. The van der Waals surface area contributed by atoms with Crippen molar-refractivity contribution in [2.75, 3.05) is 25.4 Å². The molecule has 1 aliphatic carbocycles. The van der Waals surface area contributed by atoms with Gasteiger partial charge in [-0.05, 0) is 68.9 Å². The van der Waals surface area contributed by atoms with Gasteiger partial charge in [-0.2, -0.15) is 0 Å². The summed E-state index contributed by atoms with van der Waals surface area (Å²) < 4.78 is 0. The Morgan fingerprint density at radius 3 is 2.67 bits per heavy atom. The summed E-state index contributed by atoms with van der Waals surface area (Å²) >= 11 is 1.81. The van der Waals surface area contributed by atoms with Crippen LogP contribution in [0.15, 0.2) is 23.6 Å². The van der Waals surface area contributed by atoms with E-state index in [1.54, 1.807) is 17.8 Å². The molecule has 1 N–H and O–H groups in total. The van der Waals surface area contributed by atoms with Crippen molar-refractivity contribution < 1.29 is 4.79 Å². The van der Waals surface area contributed by atoms with Crippen LogP contribution in [0.25, 0.3) is 0 Å². The van der Waals surface area contributed by atoms with Gasteiger partial charge in [-0.3, -0.25) is 4.79 Å². The van der Waals surface area contributed by atoms with Crippen molar-refractivity contribution in [1.29, 1.82) is 0 Å². The molecule has 3 aliphatic rings. The van der Waals surface area contributed by atoms with Gasteiger partial charge in [0.25, 0.3) is 5.91 Å². The molecule has 0 aromatic carbocycles. The van der Waals surface area contributed by atoms with Gasteiger partial charge in [-0.15, -0.1) is 11.8 Å². The highest BCUT2D eigenvalue weighted by atomic mass is 32.2. The summed E-state index contributed by atoms with van der Waals surface area (Å²) in [6.07, 6.45) is 11.9. The smallest absolute Gasteiger partial charge is 0.254 e. The van der Waals surface area contributed by atoms with Crippen molar-refractivity contribution in [2.24, 2.45) is 11.8 Å². The van der Waals surface area contributed by atoms with Crippen LogP contribution in [0.2, 0.25) is 0 Å². The van der Waals surface area contributed by atoms with Gasteiger partial charge in [0.2, 0.25) is 0 Å². The average molecular weight is 349 g/mol. The first kappa shape index (κ1) is 18.1. The van der Waals surface area contributed by atoms with Crippen molar-refractivity contribution in [2.45, 2.75) is 57.4 Å². The second-order valence-electron chi connectivity index (χ2n) is 7.56. The monoisotopic (exact) mass is 348 g/mol. The molecule has 1 amide bonds. The van der Waals surface area contributed by atoms with Crippen LogP contribution in [0.4, 0.5) is 0 Å². The Hall–Kier alpha value is -0.740. The molecule has 0 aromatic heterocycles. The van der Waals surface area contributed by atoms with Crippen LogP contribution < -0.4 is 5.32 Å². The Labute approximate surface area is 151 Å². The van der Waals surface area contributed by atoms with Crippen molar-refractivity contribution >= 4 is 17.7 Å². The molecule has 0 aromatic rings. The predicted molar refractivity (Wildman–Crippen MR) is 103 cm³/mol. The lowest BCUT2D eigenvalue weighted by Crippen LogP contribution is -2.49. The fourth-order valence-corrected chi connectivity index (χ4v) is 5.63. The summed E-state index contributed by atoms with van der Waals surface area (Å²) in [6.45, 7) is 7.12. The minimum atomic E-state index is 0.222. The Bertz CT molecular complexity index is 468. The number of carbonyl (C=O) groups excluding carboxylic acids is 1. The zero-order valence-corrected chi connectivity index (χ0v) is 15.7.